The number of aromatic nitrogens is 2. The van der Waals surface area contributed by atoms with E-state index in [1.165, 1.54) is 0 Å². The third-order valence-corrected chi connectivity index (χ3v) is 1.27. The average molecular weight is 174 g/mol. The minimum Gasteiger partial charge on any atom is -0.503 e. The van der Waals surface area contributed by atoms with Crippen molar-refractivity contribution in [1.82, 2.24) is 9.69 Å². The summed E-state index contributed by atoms with van der Waals surface area (Å²) in [7, 11) is 0. The van der Waals surface area contributed by atoms with Crippen LogP contribution in [0.2, 0.25) is 0 Å². The fourth-order valence-corrected chi connectivity index (χ4v) is 0.612. The first-order valence-electron chi connectivity index (χ1n) is 2.76. The maximum atomic E-state index is 10.7. The number of nitrogen functional groups attached to an aromatic ring is 1. The van der Waals surface area contributed by atoms with E-state index in [-0.39, 0.29) is 9.69 Å². The lowest BCUT2D eigenvalue weighted by molar-refractivity contribution is -0.0320. The van der Waals surface area contributed by atoms with E-state index >= 15 is 0 Å². The van der Waals surface area contributed by atoms with Crippen LogP contribution < -0.4 is 16.8 Å². The van der Waals surface area contributed by atoms with Crippen LogP contribution in [-0.2, 0) is 0 Å². The number of nitrogens with one attached hydrogen (secondary N) is 1. The van der Waals surface area contributed by atoms with Crippen molar-refractivity contribution in [2.24, 2.45) is 0 Å². The van der Waals surface area contributed by atoms with Crippen molar-refractivity contribution in [3.8, 4) is 5.75 Å². The van der Waals surface area contributed by atoms with Crippen LogP contribution >= 0.6 is 0 Å². The summed E-state index contributed by atoms with van der Waals surface area (Å²) in [6, 6.07) is 0. The van der Waals surface area contributed by atoms with Crippen molar-refractivity contribution < 1.29 is 15.5 Å². The van der Waals surface area contributed by atoms with Crippen LogP contribution in [0.25, 0.3) is 0 Å². The molecule has 0 spiro atoms. The average Bonchev–Trinajstić information content (AvgIpc) is 2.08. The van der Waals surface area contributed by atoms with Gasteiger partial charge in [0.2, 0.25) is 5.49 Å². The minimum atomic E-state index is -1.20. The molecule has 0 unspecified atom stereocenters. The smallest absolute Gasteiger partial charge is 0.330 e. The largest absolute Gasteiger partial charge is 0.503 e. The molecule has 0 bridgehead atoms. The van der Waals surface area contributed by atoms with Gasteiger partial charge in [-0.15, -0.1) is 0 Å². The Morgan fingerprint density at radius 3 is 2.33 bits per heavy atom. The molecule has 6 N–H and O–H groups in total. The van der Waals surface area contributed by atoms with E-state index in [2.05, 4.69) is 0 Å². The molecule has 66 valence electrons. The van der Waals surface area contributed by atoms with Crippen molar-refractivity contribution in [2.75, 3.05) is 5.73 Å². The highest BCUT2D eigenvalue weighted by Gasteiger charge is 2.11. The first kappa shape index (κ1) is 7.98. The highest BCUT2D eigenvalue weighted by atomic mass is 16.6. The van der Waals surface area contributed by atoms with Gasteiger partial charge in [-0.1, -0.05) is 4.85 Å². The second-order valence-electron chi connectivity index (χ2n) is 1.99. The maximum Gasteiger partial charge on any atom is 0.330 e. The van der Waals surface area contributed by atoms with Crippen LogP contribution in [0.5, 0.6) is 5.75 Å². The molecular formula is C4H6N4O4. The van der Waals surface area contributed by atoms with Crippen LogP contribution in [0.4, 0.5) is 5.69 Å². The van der Waals surface area contributed by atoms with Gasteiger partial charge in [-0.2, -0.15) is 0 Å². The topological polar surface area (TPSA) is 137 Å². The molecule has 0 radical (unpaired) electrons. The van der Waals surface area contributed by atoms with Crippen LogP contribution in [0.15, 0.2) is 4.79 Å². The summed E-state index contributed by atoms with van der Waals surface area (Å²) in [5, 5.41) is 33.2. The van der Waals surface area contributed by atoms with E-state index in [0.29, 0.717) is 0 Å². The van der Waals surface area contributed by atoms with Crippen LogP contribution in [0.1, 0.15) is 0 Å². The zero-order valence-corrected chi connectivity index (χ0v) is 5.72. The summed E-state index contributed by atoms with van der Waals surface area (Å²) in [6.07, 6.45) is 0. The number of aromatic hydroxyl groups is 1. The molecular weight excluding hydrogens is 168 g/mol. The zero-order chi connectivity index (χ0) is 9.46. The molecule has 0 aromatic carbocycles. The Balaban J connectivity index is 3.86. The molecule has 1 heterocycles. The molecule has 0 amide bonds. The SMILES string of the molecule is N=c1c(O)c(N)c(=O)n(O)n1O. The molecule has 0 aliphatic carbocycles. The summed E-state index contributed by atoms with van der Waals surface area (Å²) in [4.78, 5) is 10.2. The molecule has 1 aromatic heterocycles. The number of anilines is 1. The first-order valence-corrected chi connectivity index (χ1v) is 2.76. The van der Waals surface area contributed by atoms with Gasteiger partial charge >= 0.3 is 5.56 Å². The first-order chi connectivity index (χ1) is 5.46. The van der Waals surface area contributed by atoms with Crippen molar-refractivity contribution in [2.45, 2.75) is 0 Å². The van der Waals surface area contributed by atoms with Gasteiger partial charge < -0.3 is 21.3 Å². The van der Waals surface area contributed by atoms with Crippen molar-refractivity contribution in [3.05, 3.63) is 15.8 Å². The summed E-state index contributed by atoms with van der Waals surface area (Å²) in [5.41, 5.74) is 2.18. The fourth-order valence-electron chi connectivity index (χ4n) is 0.612. The van der Waals surface area contributed by atoms with Gasteiger partial charge in [-0.3, -0.25) is 10.2 Å². The molecule has 0 atom stereocenters. The Morgan fingerprint density at radius 1 is 1.33 bits per heavy atom. The van der Waals surface area contributed by atoms with Crippen molar-refractivity contribution in [3.63, 3.8) is 0 Å². The number of nitrogens with zero attached hydrogens (tertiary/aromatic N) is 2. The van der Waals surface area contributed by atoms with E-state index < -0.39 is 22.5 Å². The minimum absolute atomic E-state index is 0.242. The fraction of sp³-hybridized carbons (Fsp3) is 0. The van der Waals surface area contributed by atoms with Gasteiger partial charge in [0.15, 0.2) is 5.75 Å². The summed E-state index contributed by atoms with van der Waals surface area (Å²) in [6.45, 7) is 0. The van der Waals surface area contributed by atoms with Crippen LogP contribution in [0.3, 0.4) is 0 Å². The van der Waals surface area contributed by atoms with Gasteiger partial charge in [-0.05, 0) is 4.85 Å². The van der Waals surface area contributed by atoms with Gasteiger partial charge in [0.1, 0.15) is 5.69 Å². The molecule has 0 aliphatic heterocycles. The van der Waals surface area contributed by atoms with E-state index in [9.17, 15) is 4.79 Å². The van der Waals surface area contributed by atoms with Crippen molar-refractivity contribution in [1.29, 1.82) is 5.41 Å². The molecule has 1 rings (SSSR count). The van der Waals surface area contributed by atoms with E-state index in [1.807, 2.05) is 0 Å². The third-order valence-electron chi connectivity index (χ3n) is 1.27. The lowest BCUT2D eigenvalue weighted by Gasteiger charge is -2.04. The summed E-state index contributed by atoms with van der Waals surface area (Å²) < 4.78 is 0. The molecule has 8 nitrogen and oxygen atoms in total. The Bertz CT molecular complexity index is 354. The lowest BCUT2D eigenvalue weighted by Crippen LogP contribution is -2.37. The lowest BCUT2D eigenvalue weighted by atomic mass is 10.4. The Hall–Kier alpha value is -2.12. The van der Waals surface area contributed by atoms with Crippen molar-refractivity contribution >= 4 is 5.69 Å². The third kappa shape index (κ3) is 0.779. The number of rotatable bonds is 0. The molecule has 0 saturated carbocycles. The van der Waals surface area contributed by atoms with Gasteiger partial charge in [0, 0.05) is 0 Å². The van der Waals surface area contributed by atoms with E-state index in [4.69, 9.17) is 26.7 Å². The number of hydrogen-bond acceptors (Lipinski definition) is 6. The molecule has 8 heteroatoms. The molecule has 0 saturated heterocycles. The highest BCUT2D eigenvalue weighted by Crippen LogP contribution is 2.04. The normalized spacial score (nSPS) is 10.0. The van der Waals surface area contributed by atoms with Crippen LogP contribution in [-0.4, -0.2) is 25.2 Å². The zero-order valence-electron chi connectivity index (χ0n) is 5.72. The predicted octanol–water partition coefficient (Wildman–Crippen LogP) is -2.11. The second kappa shape index (κ2) is 2.19. The quantitative estimate of drug-likeness (QED) is 0.286. The Morgan fingerprint density at radius 2 is 1.83 bits per heavy atom. The molecule has 12 heavy (non-hydrogen) atoms. The summed E-state index contributed by atoms with van der Waals surface area (Å²) >= 11 is 0. The monoisotopic (exact) mass is 174 g/mol. The van der Waals surface area contributed by atoms with Gasteiger partial charge in [0.25, 0.3) is 0 Å². The van der Waals surface area contributed by atoms with E-state index in [1.54, 1.807) is 0 Å². The Kier molecular flexibility index (Phi) is 1.45. The van der Waals surface area contributed by atoms with E-state index in [0.717, 1.165) is 0 Å². The van der Waals surface area contributed by atoms with Gasteiger partial charge in [0.05, 0.1) is 0 Å². The Labute approximate surface area is 64.7 Å². The predicted molar refractivity (Wildman–Crippen MR) is 35.0 cm³/mol. The highest BCUT2D eigenvalue weighted by molar-refractivity contribution is 5.46. The summed E-state index contributed by atoms with van der Waals surface area (Å²) in [5.74, 6) is -0.882. The number of hydrogen-bond donors (Lipinski definition) is 5. The second-order valence-corrected chi connectivity index (χ2v) is 1.99. The van der Waals surface area contributed by atoms with Gasteiger partial charge in [-0.25, -0.2) is 0 Å². The standard InChI is InChI=1S/C4H6N4O4/c5-1-2(9)3(6)7(11)8(12)4(1)10/h6,9,11-12H,5H2. The molecule has 0 fully saturated rings. The molecule has 0 aliphatic rings. The number of nitrogens with two attached hydrogens (primary N) is 1. The van der Waals surface area contributed by atoms with Crippen LogP contribution in [0, 0.1) is 5.41 Å². The maximum absolute atomic E-state index is 10.7. The molecule has 1 aromatic rings.